The van der Waals surface area contributed by atoms with Gasteiger partial charge in [0.15, 0.2) is 0 Å². The van der Waals surface area contributed by atoms with Crippen molar-refractivity contribution in [2.24, 2.45) is 7.05 Å². The standard InChI is InChI=1S/C16H23FN4/c1-4-8-18-10-14-6-5-7-15(17)16(14)20(2)11-13-9-19-21(3)12-13/h5-7,9,12,18H,4,8,10-11H2,1-3H3. The molecule has 1 aromatic carbocycles. The Labute approximate surface area is 125 Å². The number of aryl methyl sites for hydroxylation is 1. The molecule has 4 nitrogen and oxygen atoms in total. The van der Waals surface area contributed by atoms with Gasteiger partial charge in [-0.25, -0.2) is 4.39 Å². The highest BCUT2D eigenvalue weighted by atomic mass is 19.1. The molecule has 0 fully saturated rings. The normalized spacial score (nSPS) is 10.9. The number of halogens is 1. The number of nitrogens with one attached hydrogen (secondary N) is 1. The Morgan fingerprint density at radius 3 is 2.86 bits per heavy atom. The van der Waals surface area contributed by atoms with Crippen LogP contribution in [0.25, 0.3) is 0 Å². The van der Waals surface area contributed by atoms with Crippen LogP contribution in [0.15, 0.2) is 30.6 Å². The van der Waals surface area contributed by atoms with Gasteiger partial charge in [0.2, 0.25) is 0 Å². The molecule has 0 spiro atoms. The van der Waals surface area contributed by atoms with Gasteiger partial charge in [0.1, 0.15) is 5.82 Å². The fourth-order valence-electron chi connectivity index (χ4n) is 2.44. The number of nitrogens with zero attached hydrogens (tertiary/aromatic N) is 3. The Bertz CT molecular complexity index is 579. The second kappa shape index (κ2) is 7.22. The molecule has 0 unspecified atom stereocenters. The van der Waals surface area contributed by atoms with Gasteiger partial charge in [-0.3, -0.25) is 4.68 Å². The van der Waals surface area contributed by atoms with Gasteiger partial charge < -0.3 is 10.2 Å². The molecular formula is C16H23FN4. The molecule has 0 bridgehead atoms. The first kappa shape index (κ1) is 15.5. The predicted molar refractivity (Wildman–Crippen MR) is 83.7 cm³/mol. The van der Waals surface area contributed by atoms with Crippen molar-refractivity contribution < 1.29 is 4.39 Å². The van der Waals surface area contributed by atoms with E-state index >= 15 is 0 Å². The van der Waals surface area contributed by atoms with Crippen molar-refractivity contribution in [1.29, 1.82) is 0 Å². The Hall–Kier alpha value is -1.88. The Morgan fingerprint density at radius 2 is 2.19 bits per heavy atom. The van der Waals surface area contributed by atoms with Gasteiger partial charge in [0, 0.05) is 38.9 Å². The highest BCUT2D eigenvalue weighted by Crippen LogP contribution is 2.25. The third-order valence-electron chi connectivity index (χ3n) is 3.37. The van der Waals surface area contributed by atoms with Crippen LogP contribution in [0, 0.1) is 5.82 Å². The monoisotopic (exact) mass is 290 g/mol. The van der Waals surface area contributed by atoms with Gasteiger partial charge in [-0.15, -0.1) is 0 Å². The Morgan fingerprint density at radius 1 is 1.38 bits per heavy atom. The van der Waals surface area contributed by atoms with Gasteiger partial charge in [0.25, 0.3) is 0 Å². The van der Waals surface area contributed by atoms with E-state index in [1.165, 1.54) is 6.07 Å². The van der Waals surface area contributed by atoms with Gasteiger partial charge in [-0.1, -0.05) is 19.1 Å². The van der Waals surface area contributed by atoms with Crippen molar-refractivity contribution in [1.82, 2.24) is 15.1 Å². The molecule has 5 heteroatoms. The Balaban J connectivity index is 2.16. The van der Waals surface area contributed by atoms with Crippen LogP contribution in [0.1, 0.15) is 24.5 Å². The van der Waals surface area contributed by atoms with Crippen molar-refractivity contribution in [2.75, 3.05) is 18.5 Å². The quantitative estimate of drug-likeness (QED) is 0.796. The highest BCUT2D eigenvalue weighted by Gasteiger charge is 2.13. The molecule has 1 aromatic heterocycles. The van der Waals surface area contributed by atoms with Crippen LogP contribution in [0.2, 0.25) is 0 Å². The van der Waals surface area contributed by atoms with E-state index in [1.807, 2.05) is 37.5 Å². The lowest BCUT2D eigenvalue weighted by atomic mass is 10.1. The molecule has 0 saturated heterocycles. The number of aromatic nitrogens is 2. The minimum Gasteiger partial charge on any atom is -0.368 e. The van der Waals surface area contributed by atoms with Gasteiger partial charge >= 0.3 is 0 Å². The van der Waals surface area contributed by atoms with Crippen molar-refractivity contribution in [2.45, 2.75) is 26.4 Å². The first-order chi connectivity index (χ1) is 10.1. The molecule has 0 aliphatic rings. The van der Waals surface area contributed by atoms with Crippen LogP contribution < -0.4 is 10.2 Å². The zero-order valence-electron chi connectivity index (χ0n) is 12.9. The first-order valence-electron chi connectivity index (χ1n) is 7.28. The summed E-state index contributed by atoms with van der Waals surface area (Å²) in [4.78, 5) is 1.94. The second-order valence-corrected chi connectivity index (χ2v) is 5.30. The summed E-state index contributed by atoms with van der Waals surface area (Å²) in [6, 6.07) is 5.25. The zero-order valence-corrected chi connectivity index (χ0v) is 12.9. The summed E-state index contributed by atoms with van der Waals surface area (Å²) in [5.41, 5.74) is 2.70. The van der Waals surface area contributed by atoms with Crippen LogP contribution >= 0.6 is 0 Å². The molecule has 114 valence electrons. The largest absolute Gasteiger partial charge is 0.368 e. The van der Waals surface area contributed by atoms with Crippen LogP contribution in [0.3, 0.4) is 0 Å². The number of para-hydroxylation sites is 1. The number of hydrogen-bond donors (Lipinski definition) is 1. The van der Waals surface area contributed by atoms with Crippen LogP contribution in [-0.4, -0.2) is 23.4 Å². The molecule has 21 heavy (non-hydrogen) atoms. The van der Waals surface area contributed by atoms with E-state index in [2.05, 4.69) is 17.3 Å². The predicted octanol–water partition coefficient (Wildman–Crippen LogP) is 2.70. The fraction of sp³-hybridized carbons (Fsp3) is 0.438. The molecule has 1 heterocycles. The molecule has 0 saturated carbocycles. The van der Waals surface area contributed by atoms with Crippen molar-refractivity contribution in [3.8, 4) is 0 Å². The van der Waals surface area contributed by atoms with Gasteiger partial charge in [0.05, 0.1) is 11.9 Å². The molecule has 0 aliphatic carbocycles. The van der Waals surface area contributed by atoms with E-state index in [4.69, 9.17) is 0 Å². The minimum absolute atomic E-state index is 0.183. The average molecular weight is 290 g/mol. The third-order valence-corrected chi connectivity index (χ3v) is 3.37. The molecule has 0 amide bonds. The summed E-state index contributed by atoms with van der Waals surface area (Å²) in [6.07, 6.45) is 4.83. The maximum atomic E-state index is 14.2. The molecule has 0 radical (unpaired) electrons. The second-order valence-electron chi connectivity index (χ2n) is 5.30. The van der Waals surface area contributed by atoms with Crippen molar-refractivity contribution in [3.63, 3.8) is 0 Å². The highest BCUT2D eigenvalue weighted by molar-refractivity contribution is 5.54. The smallest absolute Gasteiger partial charge is 0.146 e. The lowest BCUT2D eigenvalue weighted by molar-refractivity contribution is 0.613. The molecular weight excluding hydrogens is 267 g/mol. The third kappa shape index (κ3) is 4.04. The van der Waals surface area contributed by atoms with Crippen LogP contribution in [0.4, 0.5) is 10.1 Å². The molecule has 0 aliphatic heterocycles. The number of benzene rings is 1. The topological polar surface area (TPSA) is 33.1 Å². The number of rotatable bonds is 7. The summed E-state index contributed by atoms with van der Waals surface area (Å²) in [5, 5.41) is 7.48. The number of anilines is 1. The molecule has 0 atom stereocenters. The summed E-state index contributed by atoms with van der Waals surface area (Å²) < 4.78 is 16.0. The van der Waals surface area contributed by atoms with Gasteiger partial charge in [-0.05, 0) is 24.6 Å². The van der Waals surface area contributed by atoms with Crippen molar-refractivity contribution in [3.05, 3.63) is 47.5 Å². The van der Waals surface area contributed by atoms with E-state index in [1.54, 1.807) is 10.7 Å². The summed E-state index contributed by atoms with van der Waals surface area (Å²) in [6.45, 7) is 4.37. The van der Waals surface area contributed by atoms with E-state index in [0.717, 1.165) is 24.1 Å². The molecule has 1 N–H and O–H groups in total. The SMILES string of the molecule is CCCNCc1cccc(F)c1N(C)Cc1cnn(C)c1. The lowest BCUT2D eigenvalue weighted by Gasteiger charge is -2.23. The van der Waals surface area contributed by atoms with E-state index in [-0.39, 0.29) is 5.82 Å². The maximum absolute atomic E-state index is 14.2. The van der Waals surface area contributed by atoms with Crippen molar-refractivity contribution >= 4 is 5.69 Å². The summed E-state index contributed by atoms with van der Waals surface area (Å²) in [7, 11) is 3.79. The summed E-state index contributed by atoms with van der Waals surface area (Å²) >= 11 is 0. The summed E-state index contributed by atoms with van der Waals surface area (Å²) in [5.74, 6) is -0.183. The Kier molecular flexibility index (Phi) is 5.33. The molecule has 2 aromatic rings. The first-order valence-corrected chi connectivity index (χ1v) is 7.28. The van der Waals surface area contributed by atoms with Crippen LogP contribution in [0.5, 0.6) is 0 Å². The van der Waals surface area contributed by atoms with Crippen LogP contribution in [-0.2, 0) is 20.1 Å². The molecule has 2 rings (SSSR count). The van der Waals surface area contributed by atoms with E-state index < -0.39 is 0 Å². The fourth-order valence-corrected chi connectivity index (χ4v) is 2.44. The number of hydrogen-bond acceptors (Lipinski definition) is 3. The lowest BCUT2D eigenvalue weighted by Crippen LogP contribution is -2.22. The zero-order chi connectivity index (χ0) is 15.2. The van der Waals surface area contributed by atoms with E-state index in [0.29, 0.717) is 18.8 Å². The van der Waals surface area contributed by atoms with Gasteiger partial charge in [-0.2, -0.15) is 5.10 Å². The van der Waals surface area contributed by atoms with E-state index in [9.17, 15) is 4.39 Å². The average Bonchev–Trinajstić information content (AvgIpc) is 2.84. The minimum atomic E-state index is -0.183. The maximum Gasteiger partial charge on any atom is 0.146 e.